The minimum absolute atomic E-state index is 0.320. The summed E-state index contributed by atoms with van der Waals surface area (Å²) in [5.74, 6) is 0.982. The van der Waals surface area contributed by atoms with Crippen molar-refractivity contribution in [2.24, 2.45) is 0 Å². The number of unbranched alkanes of at least 4 members (excludes halogenated alkanes) is 2. The summed E-state index contributed by atoms with van der Waals surface area (Å²) in [5.41, 5.74) is 3.21. The van der Waals surface area contributed by atoms with E-state index < -0.39 is 0 Å². The number of nitrogens with zero attached hydrogens (tertiary/aromatic N) is 1. The van der Waals surface area contributed by atoms with Crippen molar-refractivity contribution in [3.63, 3.8) is 0 Å². The minimum Gasteiger partial charge on any atom is -0.497 e. The van der Waals surface area contributed by atoms with Crippen LogP contribution in [-0.2, 0) is 11.8 Å². The van der Waals surface area contributed by atoms with Crippen LogP contribution >= 0.6 is 0 Å². The number of hydrogen-bond donors (Lipinski definition) is 0. The minimum atomic E-state index is 0.320. The molecular formula is C23H31NO. The highest BCUT2D eigenvalue weighted by Crippen LogP contribution is 2.40. The number of hydrogen-bond acceptors (Lipinski definition) is 2. The van der Waals surface area contributed by atoms with E-state index in [2.05, 4.69) is 66.4 Å². The number of ether oxygens (including phenoxy) is 1. The molecule has 0 unspecified atom stereocenters. The van der Waals surface area contributed by atoms with Gasteiger partial charge in [0.1, 0.15) is 5.75 Å². The molecule has 0 saturated carbocycles. The lowest BCUT2D eigenvalue weighted by atomic mass is 9.70. The molecule has 0 spiro atoms. The normalized spacial score (nSPS) is 16.4. The van der Waals surface area contributed by atoms with Gasteiger partial charge in [0, 0.05) is 25.0 Å². The van der Waals surface area contributed by atoms with Crippen LogP contribution in [0.3, 0.4) is 0 Å². The van der Waals surface area contributed by atoms with Crippen LogP contribution in [0, 0.1) is 0 Å². The van der Waals surface area contributed by atoms with Gasteiger partial charge in [0.05, 0.1) is 7.11 Å². The Balaban J connectivity index is 1.63. The van der Waals surface area contributed by atoms with Crippen molar-refractivity contribution < 1.29 is 4.74 Å². The summed E-state index contributed by atoms with van der Waals surface area (Å²) in [6, 6.07) is 19.6. The van der Waals surface area contributed by atoms with Gasteiger partial charge in [0.25, 0.3) is 0 Å². The zero-order valence-electron chi connectivity index (χ0n) is 15.7. The van der Waals surface area contributed by atoms with Crippen LogP contribution in [0.2, 0.25) is 0 Å². The molecule has 134 valence electrons. The van der Waals surface area contributed by atoms with Gasteiger partial charge in [-0.05, 0) is 36.1 Å². The molecule has 2 nitrogen and oxygen atoms in total. The third-order valence-corrected chi connectivity index (χ3v) is 5.55. The van der Waals surface area contributed by atoms with Gasteiger partial charge >= 0.3 is 0 Å². The van der Waals surface area contributed by atoms with E-state index in [0.717, 1.165) is 18.7 Å². The van der Waals surface area contributed by atoms with E-state index >= 15 is 0 Å². The van der Waals surface area contributed by atoms with Crippen molar-refractivity contribution in [3.8, 4) is 5.75 Å². The largest absolute Gasteiger partial charge is 0.497 e. The van der Waals surface area contributed by atoms with Gasteiger partial charge in [0.15, 0.2) is 0 Å². The molecule has 3 rings (SSSR count). The second-order valence-corrected chi connectivity index (χ2v) is 7.42. The maximum absolute atomic E-state index is 5.46. The summed E-state index contributed by atoms with van der Waals surface area (Å²) in [4.78, 5) is 2.61. The second kappa shape index (κ2) is 8.53. The molecule has 2 aromatic carbocycles. The first kappa shape index (κ1) is 18.0. The molecule has 0 N–H and O–H groups in total. The van der Waals surface area contributed by atoms with E-state index in [0.29, 0.717) is 5.41 Å². The average molecular weight is 338 g/mol. The molecule has 0 amide bonds. The SMILES string of the molecule is CCCCCC1(c2cccc(OC)c2)CN(CCc2ccccc2)C1. The maximum Gasteiger partial charge on any atom is 0.119 e. The number of rotatable bonds is 9. The molecule has 1 aliphatic rings. The molecule has 0 atom stereocenters. The zero-order valence-corrected chi connectivity index (χ0v) is 15.7. The van der Waals surface area contributed by atoms with Crippen LogP contribution in [0.5, 0.6) is 5.75 Å². The molecule has 0 aromatic heterocycles. The Labute approximate surface area is 152 Å². The van der Waals surface area contributed by atoms with Crippen LogP contribution in [-0.4, -0.2) is 31.6 Å². The topological polar surface area (TPSA) is 12.5 Å². The van der Waals surface area contributed by atoms with E-state index in [1.807, 2.05) is 0 Å². The first-order chi connectivity index (χ1) is 12.3. The molecule has 0 bridgehead atoms. The highest BCUT2D eigenvalue weighted by Gasteiger charge is 2.43. The van der Waals surface area contributed by atoms with E-state index in [1.165, 1.54) is 49.9 Å². The van der Waals surface area contributed by atoms with Crippen LogP contribution in [0.15, 0.2) is 54.6 Å². The molecule has 1 saturated heterocycles. The predicted molar refractivity (Wildman–Crippen MR) is 105 cm³/mol. The lowest BCUT2D eigenvalue weighted by Gasteiger charge is -2.51. The fraction of sp³-hybridized carbons (Fsp3) is 0.478. The quantitative estimate of drug-likeness (QED) is 0.592. The summed E-state index contributed by atoms with van der Waals surface area (Å²) >= 11 is 0. The lowest BCUT2D eigenvalue weighted by Crippen LogP contribution is -2.59. The summed E-state index contributed by atoms with van der Waals surface area (Å²) in [6.45, 7) is 5.79. The van der Waals surface area contributed by atoms with Crippen molar-refractivity contribution >= 4 is 0 Å². The molecule has 1 aliphatic heterocycles. The van der Waals surface area contributed by atoms with Gasteiger partial charge in [-0.2, -0.15) is 0 Å². The Morgan fingerprint density at radius 1 is 1.00 bits per heavy atom. The molecule has 1 heterocycles. The number of likely N-dealkylation sites (tertiary alicyclic amines) is 1. The average Bonchev–Trinajstić information content (AvgIpc) is 2.64. The van der Waals surface area contributed by atoms with Crippen LogP contribution < -0.4 is 4.74 Å². The molecule has 25 heavy (non-hydrogen) atoms. The predicted octanol–water partition coefficient (Wildman–Crippen LogP) is 5.07. The first-order valence-corrected chi connectivity index (χ1v) is 9.66. The van der Waals surface area contributed by atoms with Gasteiger partial charge in [-0.25, -0.2) is 0 Å². The van der Waals surface area contributed by atoms with Crippen molar-refractivity contribution in [1.29, 1.82) is 0 Å². The van der Waals surface area contributed by atoms with E-state index in [4.69, 9.17) is 4.74 Å². The smallest absolute Gasteiger partial charge is 0.119 e. The third kappa shape index (κ3) is 4.43. The summed E-state index contributed by atoms with van der Waals surface area (Å²) in [6.07, 6.45) is 6.36. The maximum atomic E-state index is 5.46. The van der Waals surface area contributed by atoms with Crippen LogP contribution in [0.25, 0.3) is 0 Å². The van der Waals surface area contributed by atoms with Gasteiger partial charge in [-0.1, -0.05) is 68.7 Å². The molecule has 1 fully saturated rings. The number of benzene rings is 2. The Hall–Kier alpha value is -1.80. The Morgan fingerprint density at radius 2 is 1.80 bits per heavy atom. The van der Waals surface area contributed by atoms with Gasteiger partial charge in [-0.3, -0.25) is 0 Å². The van der Waals surface area contributed by atoms with Crippen molar-refractivity contribution in [2.45, 2.75) is 44.4 Å². The van der Waals surface area contributed by atoms with E-state index in [9.17, 15) is 0 Å². The fourth-order valence-electron chi connectivity index (χ4n) is 4.05. The van der Waals surface area contributed by atoms with Gasteiger partial charge < -0.3 is 9.64 Å². The second-order valence-electron chi connectivity index (χ2n) is 7.42. The van der Waals surface area contributed by atoms with Crippen LogP contribution in [0.4, 0.5) is 0 Å². The Kier molecular flexibility index (Phi) is 6.14. The standard InChI is InChI=1S/C23H31NO/c1-3-4-8-15-23(21-12-9-13-22(17-21)25-2)18-24(19-23)16-14-20-10-6-5-7-11-20/h5-7,9-13,17H,3-4,8,14-16,18-19H2,1-2H3. The lowest BCUT2D eigenvalue weighted by molar-refractivity contribution is 0.0570. The Bertz CT molecular complexity index is 646. The molecule has 0 aliphatic carbocycles. The highest BCUT2D eigenvalue weighted by atomic mass is 16.5. The fourth-order valence-corrected chi connectivity index (χ4v) is 4.05. The summed E-state index contributed by atoms with van der Waals surface area (Å²) < 4.78 is 5.46. The van der Waals surface area contributed by atoms with Gasteiger partial charge in [-0.15, -0.1) is 0 Å². The van der Waals surface area contributed by atoms with Crippen LogP contribution in [0.1, 0.15) is 43.7 Å². The monoisotopic (exact) mass is 337 g/mol. The summed E-state index contributed by atoms with van der Waals surface area (Å²) in [5, 5.41) is 0. The van der Waals surface area contributed by atoms with Gasteiger partial charge in [0.2, 0.25) is 0 Å². The summed E-state index contributed by atoms with van der Waals surface area (Å²) in [7, 11) is 1.76. The van der Waals surface area contributed by atoms with Crippen molar-refractivity contribution in [1.82, 2.24) is 4.90 Å². The molecular weight excluding hydrogens is 306 g/mol. The first-order valence-electron chi connectivity index (χ1n) is 9.66. The van der Waals surface area contributed by atoms with E-state index in [1.54, 1.807) is 7.11 Å². The molecule has 2 aromatic rings. The zero-order chi connectivity index (χ0) is 17.5. The van der Waals surface area contributed by atoms with Crippen molar-refractivity contribution in [2.75, 3.05) is 26.7 Å². The molecule has 2 heteroatoms. The molecule has 0 radical (unpaired) electrons. The van der Waals surface area contributed by atoms with E-state index in [-0.39, 0.29) is 0 Å². The Morgan fingerprint density at radius 3 is 2.52 bits per heavy atom. The third-order valence-electron chi connectivity index (χ3n) is 5.55. The highest BCUT2D eigenvalue weighted by molar-refractivity contribution is 5.36. The number of methoxy groups -OCH3 is 1. The van der Waals surface area contributed by atoms with Crippen molar-refractivity contribution in [3.05, 3.63) is 65.7 Å².